The Bertz CT molecular complexity index is 1280. The second kappa shape index (κ2) is 13.4. The van der Waals surface area contributed by atoms with Gasteiger partial charge in [-0.3, -0.25) is 14.5 Å². The number of benzene rings is 2. The van der Waals surface area contributed by atoms with Gasteiger partial charge in [0.2, 0.25) is 11.8 Å². The van der Waals surface area contributed by atoms with Crippen molar-refractivity contribution in [3.8, 4) is 0 Å². The van der Waals surface area contributed by atoms with E-state index in [0.29, 0.717) is 12.0 Å². The van der Waals surface area contributed by atoms with Crippen LogP contribution < -0.4 is 14.9 Å². The molecule has 212 valence electrons. The molecule has 1 heterocycles. The second-order valence-corrected chi connectivity index (χ2v) is 12.3. The molecule has 1 aliphatic heterocycles. The molecule has 2 N–H and O–H groups in total. The Kier molecular flexibility index (Phi) is 10.2. The molecule has 1 aliphatic carbocycles. The molecule has 4 rings (SSSR count). The van der Waals surface area contributed by atoms with Crippen molar-refractivity contribution in [1.29, 1.82) is 0 Å². The number of hydrogen-bond acceptors (Lipinski definition) is 4. The molecule has 0 aromatic heterocycles. The summed E-state index contributed by atoms with van der Waals surface area (Å²) in [4.78, 5) is 29.5. The first-order valence-corrected chi connectivity index (χ1v) is 15.5. The van der Waals surface area contributed by atoms with Crippen molar-refractivity contribution in [1.82, 2.24) is 14.3 Å². The molecule has 12 heteroatoms. The number of carbonyl (C=O) groups excluding carboxylic acids is 2. The molecule has 1 unspecified atom stereocenters. The normalized spacial score (nSPS) is 19.5. The number of nitrogens with one attached hydrogen (secondary N) is 2. The maximum atomic E-state index is 14.5. The molecule has 1 saturated heterocycles. The predicted octanol–water partition coefficient (Wildman–Crippen LogP) is 4.54. The van der Waals surface area contributed by atoms with Crippen LogP contribution in [0.5, 0.6) is 0 Å². The molecule has 8 nitrogen and oxygen atoms in total. The average molecular weight is 600 g/mol. The monoisotopic (exact) mass is 598 g/mol. The van der Waals surface area contributed by atoms with E-state index >= 15 is 0 Å². The first kappa shape index (κ1) is 29.7. The van der Waals surface area contributed by atoms with Gasteiger partial charge in [-0.1, -0.05) is 55.1 Å². The summed E-state index contributed by atoms with van der Waals surface area (Å²) < 4.78 is 44.1. The number of rotatable bonds is 10. The highest BCUT2D eigenvalue weighted by atomic mass is 35.5. The van der Waals surface area contributed by atoms with Crippen LogP contribution in [0.4, 0.5) is 10.1 Å². The highest BCUT2D eigenvalue weighted by Gasteiger charge is 2.44. The van der Waals surface area contributed by atoms with E-state index in [0.717, 1.165) is 42.5 Å². The van der Waals surface area contributed by atoms with Crippen LogP contribution in [0.1, 0.15) is 56.6 Å². The van der Waals surface area contributed by atoms with Crippen LogP contribution in [0.2, 0.25) is 5.02 Å². The Balaban J connectivity index is 1.79. The van der Waals surface area contributed by atoms with Gasteiger partial charge in [-0.05, 0) is 49.9 Å². The van der Waals surface area contributed by atoms with E-state index in [1.807, 2.05) is 0 Å². The summed E-state index contributed by atoms with van der Waals surface area (Å²) >= 11 is 12.3. The Morgan fingerprint density at radius 1 is 1.05 bits per heavy atom. The van der Waals surface area contributed by atoms with Crippen molar-refractivity contribution < 1.29 is 22.4 Å². The number of halogens is 3. The Morgan fingerprint density at radius 3 is 2.49 bits per heavy atom. The molecule has 0 radical (unpaired) electrons. The van der Waals surface area contributed by atoms with E-state index in [1.165, 1.54) is 23.1 Å². The lowest BCUT2D eigenvalue weighted by Crippen LogP contribution is -2.54. The summed E-state index contributed by atoms with van der Waals surface area (Å²) in [7, 11) is -4.03. The molecule has 2 atom stereocenters. The standard InChI is InChI=1S/C27H33Cl2FN4O4S/c28-15-16-31-39(37,38)33-17-7-14-24(33)27(36)34(21-11-6-8-19(30)18-21)25(22-12-4-5-13-23(22)29)26(35)32-20-9-2-1-3-10-20/h4-6,8,11-13,18,20,24-25,31H,1-3,7,9-10,14-17H2,(H,32,35)/t24?,25-/m1/s1. The summed E-state index contributed by atoms with van der Waals surface area (Å²) in [5, 5.41) is 3.34. The first-order chi connectivity index (χ1) is 18.7. The lowest BCUT2D eigenvalue weighted by Gasteiger charge is -2.36. The van der Waals surface area contributed by atoms with Crippen LogP contribution in [0, 0.1) is 5.82 Å². The van der Waals surface area contributed by atoms with Crippen molar-refractivity contribution in [2.75, 3.05) is 23.9 Å². The summed E-state index contributed by atoms with van der Waals surface area (Å²) in [5.41, 5.74) is 0.486. The quantitative estimate of drug-likeness (QED) is 0.392. The molecule has 0 spiro atoms. The molecular weight excluding hydrogens is 566 g/mol. The maximum Gasteiger partial charge on any atom is 0.280 e. The van der Waals surface area contributed by atoms with Crippen LogP contribution in [0.25, 0.3) is 0 Å². The van der Waals surface area contributed by atoms with Gasteiger partial charge in [0.1, 0.15) is 17.9 Å². The summed E-state index contributed by atoms with van der Waals surface area (Å²) in [5.74, 6) is -1.63. The third-order valence-corrected chi connectivity index (χ3v) is 9.31. The van der Waals surface area contributed by atoms with Crippen LogP contribution in [-0.2, 0) is 19.8 Å². The molecule has 2 aliphatic rings. The lowest BCUT2D eigenvalue weighted by molar-refractivity contribution is -0.128. The fourth-order valence-electron chi connectivity index (χ4n) is 5.34. The van der Waals surface area contributed by atoms with Gasteiger partial charge in [-0.25, -0.2) is 9.11 Å². The average Bonchev–Trinajstić information content (AvgIpc) is 3.43. The van der Waals surface area contributed by atoms with Crippen LogP contribution in [0.15, 0.2) is 48.5 Å². The minimum absolute atomic E-state index is 0.000945. The van der Waals surface area contributed by atoms with E-state index < -0.39 is 39.9 Å². The number of anilines is 1. The predicted molar refractivity (Wildman–Crippen MR) is 150 cm³/mol. The minimum atomic E-state index is -4.03. The van der Waals surface area contributed by atoms with E-state index in [4.69, 9.17) is 23.2 Å². The van der Waals surface area contributed by atoms with Crippen LogP contribution in [0.3, 0.4) is 0 Å². The fourth-order valence-corrected chi connectivity index (χ4v) is 7.21. The van der Waals surface area contributed by atoms with E-state index in [2.05, 4.69) is 10.0 Å². The maximum absolute atomic E-state index is 14.5. The van der Waals surface area contributed by atoms with E-state index in [1.54, 1.807) is 24.3 Å². The van der Waals surface area contributed by atoms with Gasteiger partial charge in [0.05, 0.1) is 0 Å². The van der Waals surface area contributed by atoms with Crippen LogP contribution >= 0.6 is 23.2 Å². The second-order valence-electron chi connectivity index (χ2n) is 9.81. The highest BCUT2D eigenvalue weighted by Crippen LogP contribution is 2.35. The number of carbonyl (C=O) groups is 2. The SMILES string of the molecule is O=C(NC1CCCCC1)[C@@H](c1ccccc1Cl)N(C(=O)C1CCCN1S(=O)(=O)NCCCl)c1cccc(F)c1. The van der Waals surface area contributed by atoms with Gasteiger partial charge in [-0.2, -0.15) is 12.7 Å². The Labute approximate surface area is 239 Å². The number of hydrogen-bond donors (Lipinski definition) is 2. The molecule has 0 bridgehead atoms. The van der Waals surface area contributed by atoms with Gasteiger partial charge in [0.25, 0.3) is 10.2 Å². The molecule has 2 amide bonds. The van der Waals surface area contributed by atoms with Crippen molar-refractivity contribution >= 4 is 50.9 Å². The van der Waals surface area contributed by atoms with E-state index in [-0.39, 0.29) is 42.1 Å². The number of nitrogens with zero attached hydrogens (tertiary/aromatic N) is 2. The van der Waals surface area contributed by atoms with Crippen molar-refractivity contribution in [2.24, 2.45) is 0 Å². The van der Waals surface area contributed by atoms with Gasteiger partial charge in [0.15, 0.2) is 0 Å². The Morgan fingerprint density at radius 2 is 1.79 bits per heavy atom. The summed E-state index contributed by atoms with van der Waals surface area (Å²) in [6.07, 6.45) is 5.38. The third-order valence-electron chi connectivity index (χ3n) is 7.16. The van der Waals surface area contributed by atoms with Crippen molar-refractivity contribution in [2.45, 2.75) is 63.1 Å². The summed E-state index contributed by atoms with van der Waals surface area (Å²) in [6.45, 7) is 0.122. The third kappa shape index (κ3) is 7.10. The molecular formula is C27H33Cl2FN4O4S. The molecule has 2 fully saturated rings. The summed E-state index contributed by atoms with van der Waals surface area (Å²) in [6, 6.07) is 9.64. The van der Waals surface area contributed by atoms with Crippen molar-refractivity contribution in [3.05, 3.63) is 64.9 Å². The molecule has 1 saturated carbocycles. The molecule has 39 heavy (non-hydrogen) atoms. The Hall–Kier alpha value is -2.24. The number of alkyl halides is 1. The lowest BCUT2D eigenvalue weighted by atomic mass is 9.94. The minimum Gasteiger partial charge on any atom is -0.351 e. The van der Waals surface area contributed by atoms with Gasteiger partial charge < -0.3 is 5.32 Å². The zero-order valence-corrected chi connectivity index (χ0v) is 23.8. The smallest absolute Gasteiger partial charge is 0.280 e. The first-order valence-electron chi connectivity index (χ1n) is 13.2. The van der Waals surface area contributed by atoms with Gasteiger partial charge in [-0.15, -0.1) is 11.6 Å². The zero-order chi connectivity index (χ0) is 28.0. The largest absolute Gasteiger partial charge is 0.351 e. The van der Waals surface area contributed by atoms with Gasteiger partial charge in [0, 0.05) is 41.3 Å². The van der Waals surface area contributed by atoms with Gasteiger partial charge >= 0.3 is 0 Å². The van der Waals surface area contributed by atoms with Crippen molar-refractivity contribution in [3.63, 3.8) is 0 Å². The molecule has 2 aromatic rings. The highest BCUT2D eigenvalue weighted by molar-refractivity contribution is 7.87. The fraction of sp³-hybridized carbons (Fsp3) is 0.481. The zero-order valence-electron chi connectivity index (χ0n) is 21.5. The topological polar surface area (TPSA) is 98.8 Å². The van der Waals surface area contributed by atoms with E-state index in [9.17, 15) is 22.4 Å². The van der Waals surface area contributed by atoms with Crippen LogP contribution in [-0.4, -0.2) is 55.6 Å². The molecule has 2 aromatic carbocycles. The number of amides is 2.